The van der Waals surface area contributed by atoms with Crippen molar-refractivity contribution in [3.8, 4) is 11.5 Å². The highest BCUT2D eigenvalue weighted by Crippen LogP contribution is 2.38. The first-order valence-corrected chi connectivity index (χ1v) is 8.28. The van der Waals surface area contributed by atoms with E-state index in [1.54, 1.807) is 19.2 Å². The van der Waals surface area contributed by atoms with E-state index in [1.807, 2.05) is 0 Å². The van der Waals surface area contributed by atoms with E-state index in [1.165, 1.54) is 7.11 Å². The number of carbonyl (C=O) groups excluding carboxylic acids is 1. The minimum Gasteiger partial charge on any atom is -0.491 e. The van der Waals surface area contributed by atoms with Crippen molar-refractivity contribution in [3.05, 3.63) is 17.7 Å². The topological polar surface area (TPSA) is 98.4 Å². The van der Waals surface area contributed by atoms with E-state index in [9.17, 15) is 4.79 Å². The maximum Gasteiger partial charge on any atom is 0.211 e. The molecule has 1 fully saturated rings. The molecule has 8 heteroatoms. The minimum absolute atomic E-state index is 0.307. The average molecular weight is 350 g/mol. The van der Waals surface area contributed by atoms with Crippen LogP contribution in [0, 0.1) is 0 Å². The average Bonchev–Trinajstić information content (AvgIpc) is 2.65. The molecule has 2 rings (SSSR count). The Morgan fingerprint density at radius 3 is 2.84 bits per heavy atom. The SMILES string of the molecule is CN=C(N)c1ccc(OCCCN2CCOCC2)c(OC)c1NC=O. The number of nitrogens with one attached hydrogen (secondary N) is 1. The molecule has 0 atom stereocenters. The van der Waals surface area contributed by atoms with E-state index >= 15 is 0 Å². The van der Waals surface area contributed by atoms with Gasteiger partial charge in [-0.1, -0.05) is 0 Å². The predicted molar refractivity (Wildman–Crippen MR) is 96.7 cm³/mol. The van der Waals surface area contributed by atoms with Crippen molar-refractivity contribution in [1.82, 2.24) is 4.90 Å². The Hall–Kier alpha value is -2.32. The number of methoxy groups -OCH3 is 1. The van der Waals surface area contributed by atoms with Crippen LogP contribution in [-0.2, 0) is 9.53 Å². The summed E-state index contributed by atoms with van der Waals surface area (Å²) in [5.41, 5.74) is 6.93. The zero-order valence-electron chi connectivity index (χ0n) is 14.8. The van der Waals surface area contributed by atoms with Crippen LogP contribution in [0.4, 0.5) is 5.69 Å². The summed E-state index contributed by atoms with van der Waals surface area (Å²) in [6, 6.07) is 3.53. The zero-order chi connectivity index (χ0) is 18.1. The van der Waals surface area contributed by atoms with Crippen LogP contribution < -0.4 is 20.5 Å². The molecule has 1 amide bonds. The molecule has 0 saturated carbocycles. The Kier molecular flexibility index (Phi) is 7.49. The number of morpholine rings is 1. The number of rotatable bonds is 9. The van der Waals surface area contributed by atoms with Crippen LogP contribution in [0.3, 0.4) is 0 Å². The highest BCUT2D eigenvalue weighted by atomic mass is 16.5. The standard InChI is InChI=1S/C17H26N4O4/c1-19-17(18)13-4-5-14(16(23-2)15(13)20-12-22)25-9-3-6-21-7-10-24-11-8-21/h4-5,12H,3,6-11H2,1-2H3,(H2,18,19)(H,20,22). The van der Waals surface area contributed by atoms with Gasteiger partial charge in [-0.3, -0.25) is 14.7 Å². The number of hydrogen-bond acceptors (Lipinski definition) is 6. The number of aliphatic imine (C=N–C) groups is 1. The molecule has 0 aromatic heterocycles. The summed E-state index contributed by atoms with van der Waals surface area (Å²) in [4.78, 5) is 17.3. The molecule has 1 heterocycles. The monoisotopic (exact) mass is 350 g/mol. The van der Waals surface area contributed by atoms with Gasteiger partial charge in [0.1, 0.15) is 5.84 Å². The lowest BCUT2D eigenvalue weighted by molar-refractivity contribution is -0.105. The van der Waals surface area contributed by atoms with Gasteiger partial charge < -0.3 is 25.3 Å². The van der Waals surface area contributed by atoms with Crippen molar-refractivity contribution in [3.63, 3.8) is 0 Å². The second-order valence-corrected chi connectivity index (χ2v) is 5.55. The molecular formula is C17H26N4O4. The second-order valence-electron chi connectivity index (χ2n) is 5.55. The summed E-state index contributed by atoms with van der Waals surface area (Å²) in [7, 11) is 3.11. The highest BCUT2D eigenvalue weighted by molar-refractivity contribution is 6.05. The Morgan fingerprint density at radius 2 is 2.20 bits per heavy atom. The van der Waals surface area contributed by atoms with Gasteiger partial charge in [-0.2, -0.15) is 0 Å². The number of ether oxygens (including phenoxy) is 3. The molecule has 8 nitrogen and oxygen atoms in total. The molecule has 138 valence electrons. The lowest BCUT2D eigenvalue weighted by atomic mass is 10.1. The maximum absolute atomic E-state index is 10.9. The van der Waals surface area contributed by atoms with E-state index in [-0.39, 0.29) is 0 Å². The molecule has 1 aliphatic rings. The number of amides is 1. The summed E-state index contributed by atoms with van der Waals surface area (Å²) in [5, 5.41) is 2.62. The Labute approximate surface area is 147 Å². The lowest BCUT2D eigenvalue weighted by Gasteiger charge is -2.26. The molecular weight excluding hydrogens is 324 g/mol. The number of hydrogen-bond donors (Lipinski definition) is 2. The maximum atomic E-state index is 10.9. The fourth-order valence-corrected chi connectivity index (χ4v) is 2.71. The van der Waals surface area contributed by atoms with Crippen molar-refractivity contribution in [2.24, 2.45) is 10.7 Å². The fraction of sp³-hybridized carbons (Fsp3) is 0.529. The van der Waals surface area contributed by atoms with Crippen molar-refractivity contribution < 1.29 is 19.0 Å². The Bertz CT molecular complexity index is 601. The summed E-state index contributed by atoms with van der Waals surface area (Å²) in [5.74, 6) is 1.30. The largest absolute Gasteiger partial charge is 0.491 e. The van der Waals surface area contributed by atoms with Gasteiger partial charge in [-0.25, -0.2) is 0 Å². The number of anilines is 1. The third-order valence-corrected chi connectivity index (χ3v) is 4.03. The number of nitrogens with zero attached hydrogens (tertiary/aromatic N) is 2. The first-order chi connectivity index (χ1) is 12.2. The summed E-state index contributed by atoms with van der Waals surface area (Å²) in [6.07, 6.45) is 1.46. The Morgan fingerprint density at radius 1 is 1.44 bits per heavy atom. The van der Waals surface area contributed by atoms with E-state index in [4.69, 9.17) is 19.9 Å². The van der Waals surface area contributed by atoms with Crippen molar-refractivity contribution in [2.75, 3.05) is 58.9 Å². The molecule has 3 N–H and O–H groups in total. The minimum atomic E-state index is 0.307. The smallest absolute Gasteiger partial charge is 0.211 e. The molecule has 1 aliphatic heterocycles. The second kappa shape index (κ2) is 9.85. The summed E-state index contributed by atoms with van der Waals surface area (Å²) < 4.78 is 16.6. The van der Waals surface area contributed by atoms with Crippen molar-refractivity contribution in [1.29, 1.82) is 0 Å². The molecule has 0 radical (unpaired) electrons. The normalized spacial score (nSPS) is 15.7. The van der Waals surface area contributed by atoms with E-state index in [0.717, 1.165) is 39.3 Å². The number of benzene rings is 1. The molecule has 0 bridgehead atoms. The van der Waals surface area contributed by atoms with Crippen LogP contribution in [-0.4, -0.2) is 70.8 Å². The van der Waals surface area contributed by atoms with Crippen LogP contribution in [0.15, 0.2) is 17.1 Å². The van der Waals surface area contributed by atoms with E-state index in [2.05, 4.69) is 15.2 Å². The molecule has 1 aromatic rings. The number of carbonyl (C=O) groups is 1. The summed E-state index contributed by atoms with van der Waals surface area (Å²) >= 11 is 0. The van der Waals surface area contributed by atoms with Crippen LogP contribution >= 0.6 is 0 Å². The van der Waals surface area contributed by atoms with Gasteiger partial charge in [0.25, 0.3) is 0 Å². The zero-order valence-corrected chi connectivity index (χ0v) is 14.8. The van der Waals surface area contributed by atoms with Crippen LogP contribution in [0.2, 0.25) is 0 Å². The van der Waals surface area contributed by atoms with Gasteiger partial charge in [0.15, 0.2) is 11.5 Å². The van der Waals surface area contributed by atoms with Crippen LogP contribution in [0.5, 0.6) is 11.5 Å². The van der Waals surface area contributed by atoms with Gasteiger partial charge in [-0.05, 0) is 18.6 Å². The molecule has 1 aromatic carbocycles. The van der Waals surface area contributed by atoms with E-state index < -0.39 is 0 Å². The molecule has 1 saturated heterocycles. The third kappa shape index (κ3) is 5.07. The third-order valence-electron chi connectivity index (χ3n) is 4.03. The first-order valence-electron chi connectivity index (χ1n) is 8.28. The molecule has 0 spiro atoms. The fourth-order valence-electron chi connectivity index (χ4n) is 2.71. The number of amidine groups is 1. The molecule has 25 heavy (non-hydrogen) atoms. The predicted octanol–water partition coefficient (Wildman–Crippen LogP) is 0.700. The quantitative estimate of drug-likeness (QED) is 0.294. The van der Waals surface area contributed by atoms with Crippen molar-refractivity contribution in [2.45, 2.75) is 6.42 Å². The molecule has 0 unspecified atom stereocenters. The highest BCUT2D eigenvalue weighted by Gasteiger charge is 2.17. The lowest BCUT2D eigenvalue weighted by Crippen LogP contribution is -2.37. The van der Waals surface area contributed by atoms with Gasteiger partial charge in [0.2, 0.25) is 6.41 Å². The van der Waals surface area contributed by atoms with Gasteiger partial charge >= 0.3 is 0 Å². The van der Waals surface area contributed by atoms with Crippen LogP contribution in [0.1, 0.15) is 12.0 Å². The van der Waals surface area contributed by atoms with Gasteiger partial charge in [0, 0.05) is 32.2 Å². The number of nitrogens with two attached hydrogens (primary N) is 1. The van der Waals surface area contributed by atoms with Crippen molar-refractivity contribution >= 4 is 17.9 Å². The van der Waals surface area contributed by atoms with Gasteiger partial charge in [0.05, 0.1) is 32.6 Å². The van der Waals surface area contributed by atoms with E-state index in [0.29, 0.717) is 41.6 Å². The first kappa shape index (κ1) is 19.0. The molecule has 0 aliphatic carbocycles. The Balaban J connectivity index is 2.03. The van der Waals surface area contributed by atoms with Gasteiger partial charge in [-0.15, -0.1) is 0 Å². The summed E-state index contributed by atoms with van der Waals surface area (Å²) in [6.45, 7) is 5.00. The van der Waals surface area contributed by atoms with Crippen LogP contribution in [0.25, 0.3) is 0 Å².